The summed E-state index contributed by atoms with van der Waals surface area (Å²) in [5.41, 5.74) is 0. The lowest BCUT2D eigenvalue weighted by molar-refractivity contribution is 0.165. The molecule has 0 aliphatic rings. The van der Waals surface area contributed by atoms with Crippen LogP contribution in [0.5, 0.6) is 0 Å². The molecular weight excluding hydrogens is 470 g/mol. The molecule has 0 rings (SSSR count). The van der Waals surface area contributed by atoms with Crippen LogP contribution in [0.3, 0.4) is 0 Å². The summed E-state index contributed by atoms with van der Waals surface area (Å²) in [6.45, 7) is -0.949. The lowest BCUT2D eigenvalue weighted by Crippen LogP contribution is -2.18. The molecule has 0 bridgehead atoms. The van der Waals surface area contributed by atoms with Gasteiger partial charge in [0.25, 0.3) is 0 Å². The molecule has 0 fully saturated rings. The number of alkyl halides is 9. The molecule has 13 heteroatoms. The summed E-state index contributed by atoms with van der Waals surface area (Å²) in [6.07, 6.45) is 0. The zero-order valence-corrected chi connectivity index (χ0v) is 16.4. The summed E-state index contributed by atoms with van der Waals surface area (Å²) < 4.78 is 10.2. The summed E-state index contributed by atoms with van der Waals surface area (Å²) in [5.74, 6) is 0. The minimum atomic E-state index is -2.01. The smallest absolute Gasteiger partial charge is 0.308 e. The molecule has 0 atom stereocenters. The molecule has 0 aliphatic heterocycles. The molecule has 0 aliphatic carbocycles. The second-order valence-corrected chi connectivity index (χ2v) is 11.7. The molecule has 0 aromatic rings. The van der Waals surface area contributed by atoms with Gasteiger partial charge in [-0.2, -0.15) is 0 Å². The molecule has 0 aromatic carbocycles. The third-order valence-electron chi connectivity index (χ3n) is 1.00. The first kappa shape index (κ1) is 21.9. The van der Waals surface area contributed by atoms with Crippen LogP contribution in [0.15, 0.2) is 0 Å². The minimum Gasteiger partial charge on any atom is -0.308 e. The fourth-order valence-electron chi connectivity index (χ4n) is 0.489. The third kappa shape index (κ3) is 17.1. The predicted molar refractivity (Wildman–Crippen MR) is 85.6 cm³/mol. The van der Waals surface area contributed by atoms with Gasteiger partial charge in [-0.05, 0) is 0 Å². The van der Waals surface area contributed by atoms with Crippen LogP contribution in [-0.4, -0.2) is 31.2 Å². The van der Waals surface area contributed by atoms with Gasteiger partial charge in [-0.25, -0.2) is 0 Å². The Balaban J connectivity index is 4.30. The molecule has 19 heavy (non-hydrogen) atoms. The van der Waals surface area contributed by atoms with Gasteiger partial charge in [-0.3, -0.25) is 0 Å². The lowest BCUT2D eigenvalue weighted by Gasteiger charge is -2.22. The maximum Gasteiger partial charge on any atom is 0.333 e. The van der Waals surface area contributed by atoms with Gasteiger partial charge in [0, 0.05) is 0 Å². The van der Waals surface area contributed by atoms with E-state index in [1.165, 1.54) is 0 Å². The summed E-state index contributed by atoms with van der Waals surface area (Å²) in [6, 6.07) is 0. The first-order valence-electron chi connectivity index (χ1n) is 4.18. The summed E-state index contributed by atoms with van der Waals surface area (Å²) in [7, 11) is -2.01. The Hall–Kier alpha value is 2.92. The molecule has 0 heterocycles. The van der Waals surface area contributed by atoms with Crippen LogP contribution >= 0.6 is 113 Å². The Bertz CT molecular complexity index is 217. The van der Waals surface area contributed by atoms with Crippen LogP contribution in [0, 0.1) is 0 Å². The molecule has 0 saturated heterocycles. The first-order chi connectivity index (χ1) is 8.29. The van der Waals surface area contributed by atoms with E-state index in [-0.39, 0.29) is 19.8 Å². The maximum absolute atomic E-state index is 5.51. The van der Waals surface area contributed by atoms with Crippen LogP contribution in [0.25, 0.3) is 0 Å². The second-order valence-electron chi connectivity index (χ2n) is 2.89. The molecule has 0 saturated carbocycles. The Kier molecular flexibility index (Phi) is 10.7. The largest absolute Gasteiger partial charge is 0.333 e. The van der Waals surface area contributed by atoms with E-state index in [0.717, 1.165) is 0 Å². The van der Waals surface area contributed by atoms with Crippen LogP contribution in [0.4, 0.5) is 0 Å². The zero-order chi connectivity index (χ0) is 15.3. The van der Waals surface area contributed by atoms with Crippen molar-refractivity contribution in [1.82, 2.24) is 0 Å². The van der Waals surface area contributed by atoms with E-state index in [0.29, 0.717) is 0 Å². The Morgan fingerprint density at radius 2 is 0.737 bits per heavy atom. The third-order valence-corrected chi connectivity index (χ3v) is 3.00. The van der Waals surface area contributed by atoms with Crippen molar-refractivity contribution in [3.8, 4) is 0 Å². The molecule has 116 valence electrons. The topological polar surface area (TPSA) is 27.7 Å². The van der Waals surface area contributed by atoms with Gasteiger partial charge >= 0.3 is 8.60 Å². The molecule has 0 N–H and O–H groups in total. The monoisotopic (exact) mass is 472 g/mol. The van der Waals surface area contributed by atoms with Crippen LogP contribution in [0.1, 0.15) is 0 Å². The molecule has 3 nitrogen and oxygen atoms in total. The lowest BCUT2D eigenvalue weighted by atomic mass is 10.8. The number of rotatable bonds is 6. The fourth-order valence-corrected chi connectivity index (χ4v) is 2.79. The van der Waals surface area contributed by atoms with Crippen LogP contribution < -0.4 is 0 Å². The highest BCUT2D eigenvalue weighted by molar-refractivity contribution is 7.41. The maximum atomic E-state index is 5.51. The van der Waals surface area contributed by atoms with Crippen LogP contribution in [-0.2, 0) is 13.6 Å². The summed E-state index contributed by atoms with van der Waals surface area (Å²) in [5, 5.41) is 0. The predicted octanol–water partition coefficient (Wildman–Crippen LogP) is 6.37. The van der Waals surface area contributed by atoms with Crippen LogP contribution in [0.2, 0.25) is 0 Å². The Morgan fingerprint density at radius 3 is 0.895 bits per heavy atom. The summed E-state index contributed by atoms with van der Waals surface area (Å²) in [4.78, 5) is 0. The number of hydrogen-bond donors (Lipinski definition) is 0. The van der Waals surface area contributed by atoms with Crippen molar-refractivity contribution in [1.29, 1.82) is 0 Å². The average Bonchev–Trinajstić information content (AvgIpc) is 2.11. The van der Waals surface area contributed by atoms with E-state index in [4.69, 9.17) is 118 Å². The highest BCUT2D eigenvalue weighted by Gasteiger charge is 2.30. The zero-order valence-electron chi connectivity index (χ0n) is 8.69. The van der Waals surface area contributed by atoms with E-state index >= 15 is 0 Å². The van der Waals surface area contributed by atoms with Gasteiger partial charge in [-0.1, -0.05) is 104 Å². The normalized spacial score (nSPS) is 14.2. The van der Waals surface area contributed by atoms with Gasteiger partial charge in [0.05, 0.1) is 0 Å². The van der Waals surface area contributed by atoms with E-state index in [1.54, 1.807) is 0 Å². The van der Waals surface area contributed by atoms with E-state index < -0.39 is 20.0 Å². The highest BCUT2D eigenvalue weighted by Crippen LogP contribution is 2.46. The van der Waals surface area contributed by atoms with Gasteiger partial charge in [0.1, 0.15) is 19.8 Å². The Morgan fingerprint density at radius 1 is 0.526 bits per heavy atom. The van der Waals surface area contributed by atoms with Crippen molar-refractivity contribution in [2.24, 2.45) is 0 Å². The van der Waals surface area contributed by atoms with Gasteiger partial charge in [-0.15, -0.1) is 0 Å². The van der Waals surface area contributed by atoms with Crippen molar-refractivity contribution in [3.63, 3.8) is 0 Å². The molecule has 0 spiro atoms. The van der Waals surface area contributed by atoms with E-state index in [1.807, 2.05) is 0 Å². The van der Waals surface area contributed by atoms with Crippen molar-refractivity contribution >= 4 is 113 Å². The molecule has 0 unspecified atom stereocenters. The second kappa shape index (κ2) is 9.27. The molecule has 0 amide bonds. The highest BCUT2D eigenvalue weighted by atomic mass is 35.6. The quantitative estimate of drug-likeness (QED) is 0.329. The fraction of sp³-hybridized carbons (Fsp3) is 1.00. The van der Waals surface area contributed by atoms with Crippen molar-refractivity contribution < 1.29 is 13.6 Å². The van der Waals surface area contributed by atoms with Crippen molar-refractivity contribution in [2.45, 2.75) is 11.4 Å². The van der Waals surface area contributed by atoms with E-state index in [9.17, 15) is 0 Å². The Labute approximate surface area is 156 Å². The summed E-state index contributed by atoms with van der Waals surface area (Å²) >= 11 is 49.6. The van der Waals surface area contributed by atoms with Crippen molar-refractivity contribution in [3.05, 3.63) is 0 Å². The van der Waals surface area contributed by atoms with Gasteiger partial charge in [0.15, 0.2) is 0 Å². The molecular formula is C6H6Cl9O3P. The number of halogens is 9. The standard InChI is InChI=1S/C6H6Cl9O3P/c7-4(8,9)1-16-19(17-2-5(10,11)12)18-3-6(13,14)15/h1-3H2. The van der Waals surface area contributed by atoms with Gasteiger partial charge in [0.2, 0.25) is 11.4 Å². The van der Waals surface area contributed by atoms with Crippen molar-refractivity contribution in [2.75, 3.05) is 19.8 Å². The molecule has 0 radical (unpaired) electrons. The SMILES string of the molecule is ClC(Cl)(Cl)COP(OCC(Cl)(Cl)Cl)OCC(Cl)(Cl)Cl. The first-order valence-corrected chi connectivity index (χ1v) is 8.67. The average molecular weight is 476 g/mol. The molecule has 0 aromatic heterocycles. The van der Waals surface area contributed by atoms with Gasteiger partial charge < -0.3 is 13.6 Å². The van der Waals surface area contributed by atoms with E-state index in [2.05, 4.69) is 0 Å². The minimum absolute atomic E-state index is 0.316. The number of hydrogen-bond acceptors (Lipinski definition) is 3.